The summed E-state index contributed by atoms with van der Waals surface area (Å²) in [7, 11) is -0.600. The Morgan fingerprint density at radius 3 is 2.56 bits per heavy atom. The molecule has 32 heavy (non-hydrogen) atoms. The molecule has 3 heterocycles. The number of nitrogens with zero attached hydrogens (tertiary/aromatic N) is 1. The monoisotopic (exact) mass is 433 g/mol. The van der Waals surface area contributed by atoms with Crippen LogP contribution < -0.4 is 5.32 Å². The Hall–Kier alpha value is -3.10. The van der Waals surface area contributed by atoms with Gasteiger partial charge in [-0.3, -0.25) is 0 Å². The fraction of sp³-hybridized carbons (Fsp3) is 0.333. The van der Waals surface area contributed by atoms with Gasteiger partial charge in [-0.15, -0.1) is 0 Å². The molecule has 1 aliphatic heterocycles. The number of benzene rings is 1. The number of carbonyl (C=O) groups excluding carboxylic acids is 1. The maximum absolute atomic E-state index is 12.4. The molecule has 0 aliphatic carbocycles. The van der Waals surface area contributed by atoms with Gasteiger partial charge in [0.1, 0.15) is 12.3 Å². The maximum Gasteiger partial charge on any atom is 0.492 e. The largest absolute Gasteiger partial charge is 0.492 e. The van der Waals surface area contributed by atoms with Crippen molar-refractivity contribution in [3.8, 4) is 0 Å². The van der Waals surface area contributed by atoms with E-state index in [4.69, 9.17) is 14.0 Å². The second kappa shape index (κ2) is 8.80. The van der Waals surface area contributed by atoms with Crippen molar-refractivity contribution in [3.05, 3.63) is 71.5 Å². The van der Waals surface area contributed by atoms with Crippen LogP contribution in [0.3, 0.4) is 0 Å². The van der Waals surface area contributed by atoms with Crippen LogP contribution >= 0.6 is 0 Å². The highest BCUT2D eigenvalue weighted by Gasteiger charge is 2.52. The van der Waals surface area contributed by atoms with Crippen molar-refractivity contribution in [3.63, 3.8) is 0 Å². The molecule has 3 aromatic rings. The van der Waals surface area contributed by atoms with Crippen molar-refractivity contribution in [2.75, 3.05) is 6.54 Å². The van der Waals surface area contributed by atoms with Gasteiger partial charge >= 0.3 is 13.2 Å². The molecule has 2 N–H and O–H groups in total. The van der Waals surface area contributed by atoms with Crippen LogP contribution in [0, 0.1) is 0 Å². The number of nitrogens with one attached hydrogen (secondary N) is 2. The average Bonchev–Trinajstić information content (AvgIpc) is 3.32. The molecule has 166 valence electrons. The van der Waals surface area contributed by atoms with E-state index in [0.717, 1.165) is 27.6 Å². The molecule has 0 spiro atoms. The van der Waals surface area contributed by atoms with E-state index >= 15 is 0 Å². The number of pyridine rings is 1. The molecule has 0 atom stereocenters. The van der Waals surface area contributed by atoms with Gasteiger partial charge in [0.15, 0.2) is 0 Å². The van der Waals surface area contributed by atoms with E-state index < -0.39 is 24.4 Å². The highest BCUT2D eigenvalue weighted by atomic mass is 16.7. The van der Waals surface area contributed by atoms with Crippen LogP contribution in [-0.2, 0) is 20.7 Å². The second-order valence-electron chi connectivity index (χ2n) is 8.86. The Bertz CT molecular complexity index is 1110. The summed E-state index contributed by atoms with van der Waals surface area (Å²) in [5, 5.41) is 3.81. The molecule has 1 aromatic carbocycles. The number of alkyl carbamates (subject to hydrolysis) is 1. The summed E-state index contributed by atoms with van der Waals surface area (Å²) < 4.78 is 17.9. The third-order valence-electron chi connectivity index (χ3n) is 6.04. The molecule has 1 amide bonds. The minimum Gasteiger partial charge on any atom is -0.445 e. The van der Waals surface area contributed by atoms with Gasteiger partial charge in [-0.05, 0) is 56.4 Å². The molecule has 1 aliphatic rings. The molecule has 8 heteroatoms. The third-order valence-corrected chi connectivity index (χ3v) is 6.04. The van der Waals surface area contributed by atoms with E-state index in [0.29, 0.717) is 0 Å². The van der Waals surface area contributed by atoms with Gasteiger partial charge in [-0.25, -0.2) is 9.78 Å². The van der Waals surface area contributed by atoms with Crippen LogP contribution in [0.25, 0.3) is 17.1 Å². The molecule has 1 saturated heterocycles. The van der Waals surface area contributed by atoms with Crippen LogP contribution in [0.15, 0.2) is 60.3 Å². The lowest BCUT2D eigenvalue weighted by Gasteiger charge is -2.32. The van der Waals surface area contributed by atoms with Crippen LogP contribution in [-0.4, -0.2) is 40.9 Å². The van der Waals surface area contributed by atoms with E-state index in [9.17, 15) is 4.79 Å². The minimum absolute atomic E-state index is 0.205. The van der Waals surface area contributed by atoms with Crippen molar-refractivity contribution in [2.24, 2.45) is 0 Å². The summed E-state index contributed by atoms with van der Waals surface area (Å²) in [6.45, 7) is 8.44. The maximum atomic E-state index is 12.4. The first-order valence-electron chi connectivity index (χ1n) is 10.7. The highest BCUT2D eigenvalue weighted by Crippen LogP contribution is 2.39. The van der Waals surface area contributed by atoms with Gasteiger partial charge in [-0.1, -0.05) is 36.4 Å². The lowest BCUT2D eigenvalue weighted by Crippen LogP contribution is -2.41. The van der Waals surface area contributed by atoms with Crippen molar-refractivity contribution in [2.45, 2.75) is 45.5 Å². The predicted molar refractivity (Wildman–Crippen MR) is 125 cm³/mol. The summed E-state index contributed by atoms with van der Waals surface area (Å²) in [6.07, 6.45) is 5.08. The minimum atomic E-state index is -0.600. The summed E-state index contributed by atoms with van der Waals surface area (Å²) in [5.41, 5.74) is 2.48. The second-order valence-corrected chi connectivity index (χ2v) is 8.86. The summed E-state index contributed by atoms with van der Waals surface area (Å²) >= 11 is 0. The number of ether oxygens (including phenoxy) is 1. The van der Waals surface area contributed by atoms with Gasteiger partial charge in [0.2, 0.25) is 0 Å². The Morgan fingerprint density at radius 1 is 1.12 bits per heavy atom. The van der Waals surface area contributed by atoms with E-state index in [2.05, 4.69) is 15.3 Å². The average molecular weight is 433 g/mol. The highest BCUT2D eigenvalue weighted by molar-refractivity contribution is 6.56. The number of aromatic amines is 1. The Labute approximate surface area is 188 Å². The fourth-order valence-electron chi connectivity index (χ4n) is 3.45. The summed E-state index contributed by atoms with van der Waals surface area (Å²) in [5.74, 6) is 0. The standard InChI is InChI=1S/C24H28BN3O4/c1-23(2)24(3,4)32-25(31-23)19(14-18-10-12-26-21-20(18)11-13-27-21)15-28-22(29)30-16-17-8-6-5-7-9-17/h5-14H,15-16H2,1-4H3,(H,26,27)(H,28,29). The van der Waals surface area contributed by atoms with Gasteiger partial charge in [0.05, 0.1) is 11.2 Å². The zero-order valence-electron chi connectivity index (χ0n) is 18.8. The van der Waals surface area contributed by atoms with Crippen molar-refractivity contribution < 1.29 is 18.8 Å². The zero-order valence-corrected chi connectivity index (χ0v) is 18.8. The van der Waals surface area contributed by atoms with E-state index in [1.165, 1.54) is 0 Å². The third kappa shape index (κ3) is 4.71. The molecular formula is C24H28BN3O4. The first kappa shape index (κ1) is 22.1. The number of aromatic nitrogens is 2. The van der Waals surface area contributed by atoms with Crippen LogP contribution in [0.5, 0.6) is 0 Å². The predicted octanol–water partition coefficient (Wildman–Crippen LogP) is 4.50. The summed E-state index contributed by atoms with van der Waals surface area (Å²) in [6, 6.07) is 13.5. The first-order valence-corrected chi connectivity index (χ1v) is 10.7. The van der Waals surface area contributed by atoms with Crippen LogP contribution in [0.2, 0.25) is 0 Å². The topological polar surface area (TPSA) is 85.5 Å². The smallest absolute Gasteiger partial charge is 0.445 e. The van der Waals surface area contributed by atoms with Crippen LogP contribution in [0.1, 0.15) is 38.8 Å². The molecule has 0 saturated carbocycles. The van der Waals surface area contributed by atoms with Gasteiger partial charge in [-0.2, -0.15) is 0 Å². The molecule has 7 nitrogen and oxygen atoms in total. The molecular weight excluding hydrogens is 405 g/mol. The lowest BCUT2D eigenvalue weighted by molar-refractivity contribution is 0.00578. The lowest BCUT2D eigenvalue weighted by atomic mass is 9.77. The number of amides is 1. The molecule has 0 unspecified atom stereocenters. The number of hydrogen-bond acceptors (Lipinski definition) is 5. The van der Waals surface area contributed by atoms with Gasteiger partial charge in [0.25, 0.3) is 0 Å². The van der Waals surface area contributed by atoms with E-state index in [-0.39, 0.29) is 13.2 Å². The Balaban J connectivity index is 1.53. The van der Waals surface area contributed by atoms with Gasteiger partial charge < -0.3 is 24.3 Å². The number of carbonyl (C=O) groups is 1. The van der Waals surface area contributed by atoms with E-state index in [1.807, 2.05) is 82.4 Å². The SMILES string of the molecule is CC1(C)OB(C(=Cc2ccnc3[nH]ccc23)CNC(=O)OCc2ccccc2)OC1(C)C. The van der Waals surface area contributed by atoms with Crippen molar-refractivity contribution in [1.29, 1.82) is 0 Å². The first-order chi connectivity index (χ1) is 15.2. The van der Waals surface area contributed by atoms with Crippen molar-refractivity contribution in [1.82, 2.24) is 15.3 Å². The molecule has 0 bridgehead atoms. The normalized spacial score (nSPS) is 17.5. The van der Waals surface area contributed by atoms with Gasteiger partial charge in [0, 0.05) is 24.3 Å². The molecule has 4 rings (SSSR count). The zero-order chi connectivity index (χ0) is 22.8. The number of rotatable bonds is 6. The van der Waals surface area contributed by atoms with E-state index in [1.54, 1.807) is 6.20 Å². The Kier molecular flexibility index (Phi) is 6.08. The van der Waals surface area contributed by atoms with Crippen molar-refractivity contribution >= 4 is 30.3 Å². The number of hydrogen-bond donors (Lipinski definition) is 2. The molecule has 2 aromatic heterocycles. The van der Waals surface area contributed by atoms with Crippen LogP contribution in [0.4, 0.5) is 4.79 Å². The quantitative estimate of drug-likeness (QED) is 0.559. The summed E-state index contributed by atoms with van der Waals surface area (Å²) in [4.78, 5) is 19.8. The molecule has 1 fully saturated rings. The number of fused-ring (bicyclic) bond motifs is 1. The molecule has 0 radical (unpaired) electrons. The Morgan fingerprint density at radius 2 is 1.84 bits per heavy atom. The fourth-order valence-corrected chi connectivity index (χ4v) is 3.45. The number of H-pyrrole nitrogens is 1.